The maximum absolute atomic E-state index is 11.6. The lowest BCUT2D eigenvalue weighted by Crippen LogP contribution is -2.57. The van der Waals surface area contributed by atoms with E-state index in [1.54, 1.807) is 0 Å². The van der Waals surface area contributed by atoms with Crippen molar-refractivity contribution in [3.8, 4) is 11.5 Å². The maximum atomic E-state index is 11.6. The molecule has 2 heterocycles. The van der Waals surface area contributed by atoms with Crippen molar-refractivity contribution >= 4 is 18.4 Å². The van der Waals surface area contributed by atoms with Gasteiger partial charge in [-0.3, -0.25) is 24.4 Å². The lowest BCUT2D eigenvalue weighted by molar-refractivity contribution is -0.550. The summed E-state index contributed by atoms with van der Waals surface area (Å²) < 4.78 is 2.48. The fourth-order valence-electron chi connectivity index (χ4n) is 7.91. The predicted octanol–water partition coefficient (Wildman–Crippen LogP) is 7.50. The van der Waals surface area contributed by atoms with Gasteiger partial charge in [0.15, 0.2) is 0 Å². The number of aliphatic imine (C=N–C) groups is 2. The van der Waals surface area contributed by atoms with Crippen molar-refractivity contribution in [3.05, 3.63) is 57.6 Å². The molecule has 2 aromatic rings. The van der Waals surface area contributed by atoms with Gasteiger partial charge < -0.3 is 15.3 Å². The van der Waals surface area contributed by atoms with Gasteiger partial charge in [-0.2, -0.15) is 0 Å². The fourth-order valence-corrected chi connectivity index (χ4v) is 7.91. The van der Waals surface area contributed by atoms with Crippen LogP contribution in [0.15, 0.2) is 34.3 Å². The van der Waals surface area contributed by atoms with E-state index in [4.69, 9.17) is 9.98 Å². The van der Waals surface area contributed by atoms with Crippen molar-refractivity contribution in [2.24, 2.45) is 9.98 Å². The second kappa shape index (κ2) is 15.3. The lowest BCUT2D eigenvalue weighted by Gasteiger charge is -2.37. The summed E-state index contributed by atoms with van der Waals surface area (Å²) in [4.78, 5) is 15.1. The Morgan fingerprint density at radius 2 is 1.24 bits per heavy atom. The molecule has 3 atom stereocenters. The molecule has 0 spiro atoms. The zero-order valence-electron chi connectivity index (χ0n) is 33.3. The van der Waals surface area contributed by atoms with E-state index in [1.807, 2.05) is 19.4 Å². The molecular formula is C43H66N5O3+. The van der Waals surface area contributed by atoms with Gasteiger partial charge in [-0.1, -0.05) is 81.2 Å². The van der Waals surface area contributed by atoms with E-state index >= 15 is 0 Å². The van der Waals surface area contributed by atoms with E-state index in [0.29, 0.717) is 18.0 Å². The number of hydrogen-bond acceptors (Lipinski definition) is 7. The summed E-state index contributed by atoms with van der Waals surface area (Å²) in [5.74, 6) is 1.83. The van der Waals surface area contributed by atoms with Crippen molar-refractivity contribution in [2.75, 3.05) is 32.7 Å². The first kappa shape index (κ1) is 38.8. The summed E-state index contributed by atoms with van der Waals surface area (Å²) in [7, 11) is 0. The lowest BCUT2D eigenvalue weighted by atomic mass is 9.79. The number of phenolic OH excluding ortho intramolecular Hbond substituents is 2. The molecule has 2 aromatic carbocycles. The standard InChI is InChI=1S/C43H65N5O3/c1-29(49)27-47-19-13-17-46-18-14-20-48(40(46)47)28-30-21-31(38(50)34(22-30)42(5,6)7)25-44-36-15-11-12-16-37(36)45-26-32-23-33(41(2,3)4)24-35(39(32)51)43(8,9)10/h21-26,29,36-37,49H,11-20,27-28H2,1-10H3,(H-,44,45,50,51)/p+1. The highest BCUT2D eigenvalue weighted by atomic mass is 16.3. The molecule has 0 radical (unpaired) electrons. The van der Waals surface area contributed by atoms with Gasteiger partial charge in [0.1, 0.15) is 11.5 Å². The van der Waals surface area contributed by atoms with E-state index in [1.165, 1.54) is 11.5 Å². The Labute approximate surface area is 308 Å². The van der Waals surface area contributed by atoms with E-state index in [9.17, 15) is 15.3 Å². The van der Waals surface area contributed by atoms with Crippen LogP contribution in [-0.2, 0) is 22.8 Å². The molecule has 0 bridgehead atoms. The molecule has 0 amide bonds. The Balaban J connectivity index is 1.45. The van der Waals surface area contributed by atoms with Crippen molar-refractivity contribution in [1.82, 2.24) is 9.80 Å². The second-order valence-corrected chi connectivity index (χ2v) is 18.5. The van der Waals surface area contributed by atoms with E-state index in [-0.39, 0.29) is 28.3 Å². The second-order valence-electron chi connectivity index (χ2n) is 18.5. The third-order valence-electron chi connectivity index (χ3n) is 10.7. The van der Waals surface area contributed by atoms with Gasteiger partial charge in [-0.25, -0.2) is 0 Å². The SMILES string of the molecule is CC(O)CN1CCC[N+]2=C1N(Cc1cc(C=NC3CCCCC3N=Cc3cc(C(C)(C)C)cc(C(C)(C)C)c3O)c(O)c(C(C)(C)C)c1)CCC2. The van der Waals surface area contributed by atoms with Crippen molar-refractivity contribution in [3.63, 3.8) is 0 Å². The smallest absolute Gasteiger partial charge is 0.350 e. The number of nitrogens with zero attached hydrogens (tertiary/aromatic N) is 5. The highest BCUT2D eigenvalue weighted by Gasteiger charge is 2.36. The molecule has 5 rings (SSSR count). The predicted molar refractivity (Wildman–Crippen MR) is 211 cm³/mol. The average Bonchev–Trinajstić information content (AvgIpc) is 3.03. The number of guanidine groups is 1. The first-order valence-corrected chi connectivity index (χ1v) is 19.4. The van der Waals surface area contributed by atoms with Gasteiger partial charge in [0.2, 0.25) is 0 Å². The number of phenols is 2. The minimum Gasteiger partial charge on any atom is -0.507 e. The van der Waals surface area contributed by atoms with E-state index < -0.39 is 6.10 Å². The Bertz CT molecular complexity index is 1630. The van der Waals surface area contributed by atoms with Crippen LogP contribution in [0, 0.1) is 0 Å². The van der Waals surface area contributed by atoms with Crippen LogP contribution < -0.4 is 0 Å². The normalized spacial score (nSPS) is 21.5. The molecule has 0 aromatic heterocycles. The van der Waals surface area contributed by atoms with Crippen LogP contribution in [0.25, 0.3) is 0 Å². The van der Waals surface area contributed by atoms with Gasteiger partial charge >= 0.3 is 5.96 Å². The van der Waals surface area contributed by atoms with Crippen molar-refractivity contribution < 1.29 is 19.9 Å². The Hall–Kier alpha value is -3.39. The first-order chi connectivity index (χ1) is 23.8. The number of rotatable bonds is 8. The maximum Gasteiger partial charge on any atom is 0.350 e. The summed E-state index contributed by atoms with van der Waals surface area (Å²) in [6.45, 7) is 26.7. The van der Waals surface area contributed by atoms with Crippen LogP contribution in [0.5, 0.6) is 11.5 Å². The molecule has 51 heavy (non-hydrogen) atoms. The zero-order valence-corrected chi connectivity index (χ0v) is 33.3. The highest BCUT2D eigenvalue weighted by Crippen LogP contribution is 2.38. The number of aliphatic hydroxyl groups is 1. The molecule has 1 saturated carbocycles. The third kappa shape index (κ3) is 9.35. The highest BCUT2D eigenvalue weighted by molar-refractivity contribution is 5.86. The molecule has 1 aliphatic carbocycles. The van der Waals surface area contributed by atoms with Crippen molar-refractivity contribution in [2.45, 2.75) is 149 Å². The van der Waals surface area contributed by atoms with E-state index in [2.05, 4.69) is 101 Å². The summed E-state index contributed by atoms with van der Waals surface area (Å²) in [6, 6.07) is 8.51. The number of aliphatic hydroxyl groups excluding tert-OH is 1. The Morgan fingerprint density at radius 1 is 0.725 bits per heavy atom. The first-order valence-electron chi connectivity index (χ1n) is 19.4. The van der Waals surface area contributed by atoms with Crippen LogP contribution in [0.1, 0.15) is 141 Å². The molecule has 3 aliphatic rings. The van der Waals surface area contributed by atoms with Gasteiger partial charge in [0.25, 0.3) is 0 Å². The van der Waals surface area contributed by atoms with Crippen LogP contribution in [0.4, 0.5) is 0 Å². The number of β-amino-alcohol motifs (C(OH)–C–C–N with tert-alkyl or cyclic N) is 1. The number of hydrogen-bond donors (Lipinski definition) is 3. The monoisotopic (exact) mass is 701 g/mol. The largest absolute Gasteiger partial charge is 0.507 e. The Morgan fingerprint density at radius 3 is 1.75 bits per heavy atom. The Kier molecular flexibility index (Phi) is 11.6. The quantitative estimate of drug-likeness (QED) is 0.196. The fraction of sp³-hybridized carbons (Fsp3) is 0.651. The number of benzene rings is 2. The van der Waals surface area contributed by atoms with Crippen LogP contribution >= 0.6 is 0 Å². The summed E-state index contributed by atoms with van der Waals surface area (Å²) >= 11 is 0. The molecule has 8 heteroatoms. The van der Waals surface area contributed by atoms with Crippen LogP contribution in [-0.4, -0.2) is 99.0 Å². The van der Waals surface area contributed by atoms with Crippen LogP contribution in [0.2, 0.25) is 0 Å². The average molecular weight is 701 g/mol. The molecule has 1 fully saturated rings. The minimum atomic E-state index is -0.390. The van der Waals surface area contributed by atoms with E-state index in [0.717, 1.165) is 99.1 Å². The molecule has 280 valence electrons. The minimum absolute atomic E-state index is 0.000116. The van der Waals surface area contributed by atoms with Crippen LogP contribution in [0.3, 0.4) is 0 Å². The topological polar surface area (TPSA) is 94.9 Å². The molecular weight excluding hydrogens is 635 g/mol. The van der Waals surface area contributed by atoms with Crippen molar-refractivity contribution in [1.29, 1.82) is 0 Å². The van der Waals surface area contributed by atoms with Gasteiger partial charge in [-0.15, -0.1) is 0 Å². The third-order valence-corrected chi connectivity index (χ3v) is 10.7. The van der Waals surface area contributed by atoms with Gasteiger partial charge in [-0.05, 0) is 65.3 Å². The van der Waals surface area contributed by atoms with Gasteiger partial charge in [0.05, 0.1) is 57.5 Å². The molecule has 3 unspecified atom stereocenters. The molecule has 8 nitrogen and oxygen atoms in total. The van der Waals surface area contributed by atoms with Gasteiger partial charge in [0, 0.05) is 47.5 Å². The summed E-state index contributed by atoms with van der Waals surface area (Å²) in [5, 5.41) is 33.3. The molecule has 3 N–H and O–H groups in total. The molecule has 0 saturated heterocycles. The zero-order chi connectivity index (χ0) is 37.3. The summed E-state index contributed by atoms with van der Waals surface area (Å²) in [5.41, 5.74) is 5.20. The number of aromatic hydroxyl groups is 2. The molecule has 2 aliphatic heterocycles. The summed E-state index contributed by atoms with van der Waals surface area (Å²) in [6.07, 6.45) is 9.65.